The van der Waals surface area contributed by atoms with Crippen LogP contribution in [0.5, 0.6) is 5.75 Å². The average molecular weight is 427 g/mol. The van der Waals surface area contributed by atoms with Gasteiger partial charge in [0.15, 0.2) is 6.10 Å². The molecule has 166 valence electrons. The monoisotopic (exact) mass is 426 g/mol. The predicted octanol–water partition coefficient (Wildman–Crippen LogP) is 3.72. The molecule has 2 atom stereocenters. The van der Waals surface area contributed by atoms with E-state index in [1.165, 1.54) is 6.92 Å². The Morgan fingerprint density at radius 2 is 1.61 bits per heavy atom. The highest BCUT2D eigenvalue weighted by Gasteiger charge is 2.29. The van der Waals surface area contributed by atoms with Crippen molar-refractivity contribution in [1.82, 2.24) is 5.32 Å². The highest BCUT2D eigenvalue weighted by atomic mass is 16.5. The number of hydrogen-bond acceptors (Lipinski definition) is 5. The maximum absolute atomic E-state index is 12.7. The highest BCUT2D eigenvalue weighted by Crippen LogP contribution is 2.15. The molecule has 0 spiro atoms. The topological polar surface area (TPSA) is 93.7 Å². The number of carbonyl (C=O) groups is 3. The Morgan fingerprint density at radius 1 is 0.968 bits per heavy atom. The van der Waals surface area contributed by atoms with Gasteiger partial charge in [-0.3, -0.25) is 9.59 Å². The van der Waals surface area contributed by atoms with Crippen molar-refractivity contribution >= 4 is 23.5 Å². The third-order valence-electron chi connectivity index (χ3n) is 4.70. The summed E-state index contributed by atoms with van der Waals surface area (Å²) in [5, 5.41) is 5.45. The number of nitrogens with one attached hydrogen (secondary N) is 2. The standard InChI is InChI=1S/C24H30N2O5/c1-6-30-19-13-11-18(12-14-19)23(28)26-21(15(2)3)24(29)31-17(5)22(27)25-20-10-8-7-9-16(20)4/h7-15,17,21H,6H2,1-5H3,(H,25,27)(H,26,28). The first-order valence-corrected chi connectivity index (χ1v) is 10.3. The van der Waals surface area contributed by atoms with Crippen molar-refractivity contribution in [2.75, 3.05) is 11.9 Å². The number of esters is 1. The van der Waals surface area contributed by atoms with Gasteiger partial charge in [0.25, 0.3) is 11.8 Å². The first-order chi connectivity index (χ1) is 14.7. The largest absolute Gasteiger partial charge is 0.494 e. The lowest BCUT2D eigenvalue weighted by molar-refractivity contribution is -0.156. The van der Waals surface area contributed by atoms with Gasteiger partial charge < -0.3 is 20.1 Å². The van der Waals surface area contributed by atoms with Crippen LogP contribution in [0.4, 0.5) is 5.69 Å². The van der Waals surface area contributed by atoms with Gasteiger partial charge in [-0.15, -0.1) is 0 Å². The van der Waals surface area contributed by atoms with E-state index in [1.807, 2.05) is 32.0 Å². The fraction of sp³-hybridized carbons (Fsp3) is 0.375. The van der Waals surface area contributed by atoms with Gasteiger partial charge >= 0.3 is 5.97 Å². The normalized spacial score (nSPS) is 12.6. The first kappa shape index (κ1) is 23.9. The molecule has 2 aromatic carbocycles. The van der Waals surface area contributed by atoms with Crippen LogP contribution in [0.1, 0.15) is 43.6 Å². The molecule has 0 saturated carbocycles. The van der Waals surface area contributed by atoms with Crippen molar-refractivity contribution in [3.8, 4) is 5.75 Å². The van der Waals surface area contributed by atoms with E-state index in [1.54, 1.807) is 44.2 Å². The van der Waals surface area contributed by atoms with Crippen LogP contribution in [0.15, 0.2) is 48.5 Å². The lowest BCUT2D eigenvalue weighted by Crippen LogP contribution is -2.47. The highest BCUT2D eigenvalue weighted by molar-refractivity contribution is 5.98. The molecule has 31 heavy (non-hydrogen) atoms. The third-order valence-corrected chi connectivity index (χ3v) is 4.70. The van der Waals surface area contributed by atoms with E-state index in [2.05, 4.69) is 10.6 Å². The van der Waals surface area contributed by atoms with Gasteiger partial charge in [0.2, 0.25) is 0 Å². The van der Waals surface area contributed by atoms with Crippen LogP contribution in [0.25, 0.3) is 0 Å². The molecule has 0 bridgehead atoms. The lowest BCUT2D eigenvalue weighted by Gasteiger charge is -2.23. The van der Waals surface area contributed by atoms with Crippen molar-refractivity contribution in [2.45, 2.75) is 46.8 Å². The van der Waals surface area contributed by atoms with Crippen LogP contribution < -0.4 is 15.4 Å². The number of amides is 2. The number of anilines is 1. The molecule has 0 heterocycles. The second kappa shape index (κ2) is 11.2. The van der Waals surface area contributed by atoms with Crippen LogP contribution in [0.2, 0.25) is 0 Å². The molecule has 2 unspecified atom stereocenters. The predicted molar refractivity (Wildman–Crippen MR) is 119 cm³/mol. The lowest BCUT2D eigenvalue weighted by atomic mass is 10.0. The summed E-state index contributed by atoms with van der Waals surface area (Å²) in [6.07, 6.45) is -1.02. The van der Waals surface area contributed by atoms with Crippen LogP contribution in [-0.2, 0) is 14.3 Å². The maximum atomic E-state index is 12.7. The summed E-state index contributed by atoms with van der Waals surface area (Å²) in [7, 11) is 0. The molecule has 0 radical (unpaired) electrons. The molecule has 0 saturated heterocycles. The summed E-state index contributed by atoms with van der Waals surface area (Å²) in [5.41, 5.74) is 1.95. The Hall–Kier alpha value is -3.35. The van der Waals surface area contributed by atoms with E-state index >= 15 is 0 Å². The van der Waals surface area contributed by atoms with Gasteiger partial charge in [0.1, 0.15) is 11.8 Å². The quantitative estimate of drug-likeness (QED) is 0.596. The van der Waals surface area contributed by atoms with E-state index in [0.717, 1.165) is 5.56 Å². The number of rotatable bonds is 9. The Kier molecular flexibility index (Phi) is 8.61. The van der Waals surface area contributed by atoms with Crippen LogP contribution in [-0.4, -0.2) is 36.5 Å². The van der Waals surface area contributed by atoms with Crippen LogP contribution in [0, 0.1) is 12.8 Å². The van der Waals surface area contributed by atoms with Gasteiger partial charge in [-0.1, -0.05) is 32.0 Å². The molecule has 7 heteroatoms. The number of aryl methyl sites for hydroxylation is 1. The minimum Gasteiger partial charge on any atom is -0.494 e. The van der Waals surface area contributed by atoms with Gasteiger partial charge in [-0.25, -0.2) is 4.79 Å². The van der Waals surface area contributed by atoms with Crippen molar-refractivity contribution in [3.63, 3.8) is 0 Å². The number of carbonyl (C=O) groups excluding carboxylic acids is 3. The van der Waals surface area contributed by atoms with Gasteiger partial charge in [-0.2, -0.15) is 0 Å². The summed E-state index contributed by atoms with van der Waals surface area (Å²) >= 11 is 0. The molecule has 2 amide bonds. The molecule has 7 nitrogen and oxygen atoms in total. The molecule has 2 N–H and O–H groups in total. The summed E-state index contributed by atoms with van der Waals surface area (Å²) < 4.78 is 10.7. The van der Waals surface area contributed by atoms with Crippen molar-refractivity contribution in [1.29, 1.82) is 0 Å². The number of ether oxygens (including phenoxy) is 2. The second-order valence-corrected chi connectivity index (χ2v) is 7.54. The van der Waals surface area contributed by atoms with Crippen molar-refractivity contribution < 1.29 is 23.9 Å². The molecular formula is C24H30N2O5. The van der Waals surface area contributed by atoms with Gasteiger partial charge in [0, 0.05) is 11.3 Å². The molecule has 2 aromatic rings. The average Bonchev–Trinajstić information content (AvgIpc) is 2.73. The Labute approximate surface area is 183 Å². The van der Waals surface area contributed by atoms with Gasteiger partial charge in [0.05, 0.1) is 6.61 Å². The minimum atomic E-state index is -1.02. The van der Waals surface area contributed by atoms with E-state index in [0.29, 0.717) is 23.6 Å². The van der Waals surface area contributed by atoms with Crippen LogP contribution >= 0.6 is 0 Å². The fourth-order valence-corrected chi connectivity index (χ4v) is 2.84. The Morgan fingerprint density at radius 3 is 2.19 bits per heavy atom. The second-order valence-electron chi connectivity index (χ2n) is 7.54. The zero-order chi connectivity index (χ0) is 23.0. The first-order valence-electron chi connectivity index (χ1n) is 10.3. The number of hydrogen-bond donors (Lipinski definition) is 2. The zero-order valence-corrected chi connectivity index (χ0v) is 18.6. The Balaban J connectivity index is 2.00. The number of benzene rings is 2. The summed E-state index contributed by atoms with van der Waals surface area (Å²) in [6.45, 7) is 9.36. The van der Waals surface area contributed by atoms with E-state index in [-0.39, 0.29) is 5.92 Å². The Bertz CT molecular complexity index is 908. The minimum absolute atomic E-state index is 0.231. The molecule has 0 aliphatic heterocycles. The van der Waals surface area contributed by atoms with E-state index in [4.69, 9.17) is 9.47 Å². The van der Waals surface area contributed by atoms with Crippen LogP contribution in [0.3, 0.4) is 0 Å². The molecule has 0 aliphatic rings. The summed E-state index contributed by atoms with van der Waals surface area (Å²) in [4.78, 5) is 37.7. The molecule has 0 fully saturated rings. The van der Waals surface area contributed by atoms with Crippen molar-refractivity contribution in [3.05, 3.63) is 59.7 Å². The van der Waals surface area contributed by atoms with E-state index < -0.39 is 29.9 Å². The smallest absolute Gasteiger partial charge is 0.329 e. The van der Waals surface area contributed by atoms with E-state index in [9.17, 15) is 14.4 Å². The molecular weight excluding hydrogens is 396 g/mol. The van der Waals surface area contributed by atoms with Crippen molar-refractivity contribution in [2.24, 2.45) is 5.92 Å². The summed E-state index contributed by atoms with van der Waals surface area (Å²) in [6, 6.07) is 13.1. The van der Waals surface area contributed by atoms with Gasteiger partial charge in [-0.05, 0) is 62.6 Å². The molecule has 0 aromatic heterocycles. The maximum Gasteiger partial charge on any atom is 0.329 e. The SMILES string of the molecule is CCOc1ccc(C(=O)NC(C(=O)OC(C)C(=O)Nc2ccccc2C)C(C)C)cc1. The molecule has 0 aliphatic carbocycles. The fourth-order valence-electron chi connectivity index (χ4n) is 2.84. The summed E-state index contributed by atoms with van der Waals surface area (Å²) in [5.74, 6) is -1.08. The zero-order valence-electron chi connectivity index (χ0n) is 18.6. The number of para-hydroxylation sites is 1. The third kappa shape index (κ3) is 6.84. The molecule has 2 rings (SSSR count).